The van der Waals surface area contributed by atoms with Crippen molar-refractivity contribution in [2.24, 2.45) is 5.73 Å². The third-order valence-corrected chi connectivity index (χ3v) is 5.77. The standard InChI is InChI=1S/C22H23ClN4O3S2/c1-29-20-12-18-14(11-15(20)21(24)28)19(6-8-25-18)30-13-4-5-17(16(23)10-13)27-22(31)26-7-3-9-32-2/h4-6,8,10-12H,3,7,9H2,1-2H3,(H2,24,28)(H2,26,27,31). The Morgan fingerprint density at radius 1 is 1.25 bits per heavy atom. The van der Waals surface area contributed by atoms with Crippen molar-refractivity contribution in [3.05, 3.63) is 53.2 Å². The average molecular weight is 491 g/mol. The highest BCUT2D eigenvalue weighted by Crippen LogP contribution is 2.35. The number of carbonyl (C=O) groups excluding carboxylic acids is 1. The number of nitrogens with zero attached hydrogens (tertiary/aromatic N) is 1. The van der Waals surface area contributed by atoms with Gasteiger partial charge in [-0.2, -0.15) is 11.8 Å². The molecule has 1 amide bonds. The van der Waals surface area contributed by atoms with Gasteiger partial charge in [0.2, 0.25) is 0 Å². The van der Waals surface area contributed by atoms with Crippen molar-refractivity contribution < 1.29 is 14.3 Å². The van der Waals surface area contributed by atoms with Crippen molar-refractivity contribution in [1.82, 2.24) is 10.3 Å². The summed E-state index contributed by atoms with van der Waals surface area (Å²) in [5.74, 6) is 1.84. The minimum atomic E-state index is -0.602. The number of thioether (sulfide) groups is 1. The van der Waals surface area contributed by atoms with E-state index in [1.807, 2.05) is 0 Å². The molecular weight excluding hydrogens is 468 g/mol. The number of primary amides is 1. The second kappa shape index (κ2) is 11.2. The maximum absolute atomic E-state index is 11.8. The number of anilines is 1. The van der Waals surface area contributed by atoms with E-state index in [0.29, 0.717) is 44.0 Å². The highest BCUT2D eigenvalue weighted by atomic mass is 35.5. The third-order valence-electron chi connectivity index (χ3n) is 4.52. The second-order valence-electron chi connectivity index (χ2n) is 6.71. The molecule has 0 fully saturated rings. The average Bonchev–Trinajstić information content (AvgIpc) is 2.77. The van der Waals surface area contributed by atoms with Crippen molar-refractivity contribution in [3.8, 4) is 17.2 Å². The summed E-state index contributed by atoms with van der Waals surface area (Å²) >= 11 is 13.5. The summed E-state index contributed by atoms with van der Waals surface area (Å²) in [6.45, 7) is 0.790. The molecule has 1 aromatic heterocycles. The predicted octanol–water partition coefficient (Wildman–Crippen LogP) is 4.83. The van der Waals surface area contributed by atoms with E-state index < -0.39 is 5.91 Å². The van der Waals surface area contributed by atoms with Crippen LogP contribution in [0.5, 0.6) is 17.2 Å². The molecule has 0 spiro atoms. The van der Waals surface area contributed by atoms with E-state index in [9.17, 15) is 4.79 Å². The first-order valence-corrected chi connectivity index (χ1v) is 11.9. The monoisotopic (exact) mass is 490 g/mol. The maximum Gasteiger partial charge on any atom is 0.252 e. The first-order valence-electron chi connectivity index (χ1n) is 9.70. The normalized spacial score (nSPS) is 10.6. The lowest BCUT2D eigenvalue weighted by molar-refractivity contribution is 0.0997. The number of rotatable bonds is 9. The fourth-order valence-corrected chi connectivity index (χ4v) is 3.83. The number of hydrogen-bond donors (Lipinski definition) is 3. The Hall–Kier alpha value is -2.75. The first kappa shape index (κ1) is 23.9. The first-order chi connectivity index (χ1) is 15.4. The Kier molecular flexibility index (Phi) is 8.38. The van der Waals surface area contributed by atoms with E-state index in [4.69, 9.17) is 39.0 Å². The minimum Gasteiger partial charge on any atom is -0.496 e. The third kappa shape index (κ3) is 5.93. The van der Waals surface area contributed by atoms with Crippen LogP contribution in [0.15, 0.2) is 42.6 Å². The molecule has 1 heterocycles. The van der Waals surface area contributed by atoms with Crippen LogP contribution in [-0.4, -0.2) is 41.7 Å². The summed E-state index contributed by atoms with van der Waals surface area (Å²) in [6, 6.07) is 10.2. The minimum absolute atomic E-state index is 0.244. The molecule has 32 heavy (non-hydrogen) atoms. The van der Waals surface area contributed by atoms with Crippen LogP contribution in [0.2, 0.25) is 5.02 Å². The van der Waals surface area contributed by atoms with Gasteiger partial charge in [-0.1, -0.05) is 11.6 Å². The molecule has 0 unspecified atom stereocenters. The van der Waals surface area contributed by atoms with Crippen molar-refractivity contribution in [2.45, 2.75) is 6.42 Å². The summed E-state index contributed by atoms with van der Waals surface area (Å²) in [4.78, 5) is 16.1. The zero-order valence-electron chi connectivity index (χ0n) is 17.6. The molecule has 7 nitrogen and oxygen atoms in total. The van der Waals surface area contributed by atoms with Crippen molar-refractivity contribution in [2.75, 3.05) is 31.0 Å². The number of pyridine rings is 1. The summed E-state index contributed by atoms with van der Waals surface area (Å²) < 4.78 is 11.3. The van der Waals surface area contributed by atoms with Gasteiger partial charge in [-0.15, -0.1) is 0 Å². The van der Waals surface area contributed by atoms with Gasteiger partial charge < -0.3 is 25.8 Å². The molecule has 168 valence electrons. The molecule has 4 N–H and O–H groups in total. The lowest BCUT2D eigenvalue weighted by Gasteiger charge is -2.14. The van der Waals surface area contributed by atoms with Crippen LogP contribution in [0, 0.1) is 0 Å². The molecule has 0 radical (unpaired) electrons. The number of nitrogens with one attached hydrogen (secondary N) is 2. The van der Waals surface area contributed by atoms with Crippen LogP contribution in [0.1, 0.15) is 16.8 Å². The van der Waals surface area contributed by atoms with E-state index in [-0.39, 0.29) is 5.56 Å². The lowest BCUT2D eigenvalue weighted by atomic mass is 10.1. The number of benzene rings is 2. The zero-order valence-corrected chi connectivity index (χ0v) is 20.0. The maximum atomic E-state index is 11.8. The molecule has 3 rings (SSSR count). The van der Waals surface area contributed by atoms with Crippen LogP contribution in [0.3, 0.4) is 0 Å². The van der Waals surface area contributed by atoms with Gasteiger partial charge in [-0.25, -0.2) is 0 Å². The molecule has 0 atom stereocenters. The fraction of sp³-hybridized carbons (Fsp3) is 0.227. The van der Waals surface area contributed by atoms with Gasteiger partial charge in [-0.05, 0) is 54.9 Å². The fourth-order valence-electron chi connectivity index (χ4n) is 2.97. The molecule has 0 aliphatic rings. The Morgan fingerprint density at radius 3 is 2.75 bits per heavy atom. The molecule has 0 saturated carbocycles. The SMILES string of the molecule is COc1cc2nccc(Oc3ccc(NC(=S)NCCCSC)c(Cl)c3)c2cc1C(N)=O. The van der Waals surface area contributed by atoms with E-state index in [1.165, 1.54) is 7.11 Å². The highest BCUT2D eigenvalue weighted by Gasteiger charge is 2.15. The molecule has 2 aromatic carbocycles. The number of fused-ring (bicyclic) bond motifs is 1. The molecular formula is C22H23ClN4O3S2. The van der Waals surface area contributed by atoms with Crippen molar-refractivity contribution in [3.63, 3.8) is 0 Å². The smallest absolute Gasteiger partial charge is 0.252 e. The van der Waals surface area contributed by atoms with E-state index in [2.05, 4.69) is 21.9 Å². The van der Waals surface area contributed by atoms with E-state index >= 15 is 0 Å². The summed E-state index contributed by atoms with van der Waals surface area (Å²) in [7, 11) is 1.47. The molecule has 0 bridgehead atoms. The molecule has 0 aliphatic carbocycles. The van der Waals surface area contributed by atoms with Gasteiger partial charge in [0, 0.05) is 30.3 Å². The van der Waals surface area contributed by atoms with Gasteiger partial charge in [-0.3, -0.25) is 9.78 Å². The van der Waals surface area contributed by atoms with Gasteiger partial charge >= 0.3 is 0 Å². The predicted molar refractivity (Wildman–Crippen MR) is 136 cm³/mol. The topological polar surface area (TPSA) is 98.5 Å². The number of aromatic nitrogens is 1. The Balaban J connectivity index is 1.79. The quantitative estimate of drug-likeness (QED) is 0.290. The van der Waals surface area contributed by atoms with E-state index in [1.54, 1.807) is 54.4 Å². The van der Waals surface area contributed by atoms with Crippen molar-refractivity contribution >= 4 is 63.2 Å². The van der Waals surface area contributed by atoms with Crippen LogP contribution in [-0.2, 0) is 0 Å². The molecule has 10 heteroatoms. The van der Waals surface area contributed by atoms with Gasteiger partial charge in [0.25, 0.3) is 5.91 Å². The number of methoxy groups -OCH3 is 1. The van der Waals surface area contributed by atoms with Gasteiger partial charge in [0.15, 0.2) is 5.11 Å². The number of nitrogens with two attached hydrogens (primary N) is 1. The lowest BCUT2D eigenvalue weighted by Crippen LogP contribution is -2.29. The Bertz CT molecular complexity index is 1140. The Labute approximate surface area is 201 Å². The van der Waals surface area contributed by atoms with Crippen LogP contribution in [0.4, 0.5) is 5.69 Å². The molecule has 0 saturated heterocycles. The molecule has 3 aromatic rings. The van der Waals surface area contributed by atoms with Gasteiger partial charge in [0.1, 0.15) is 17.2 Å². The summed E-state index contributed by atoms with van der Waals surface area (Å²) in [6.07, 6.45) is 4.70. The van der Waals surface area contributed by atoms with Crippen LogP contribution in [0.25, 0.3) is 10.9 Å². The second-order valence-corrected chi connectivity index (χ2v) is 8.51. The number of hydrogen-bond acceptors (Lipinski definition) is 6. The number of ether oxygens (including phenoxy) is 2. The van der Waals surface area contributed by atoms with E-state index in [0.717, 1.165) is 18.7 Å². The largest absolute Gasteiger partial charge is 0.496 e. The highest BCUT2D eigenvalue weighted by molar-refractivity contribution is 7.98. The number of halogens is 1. The van der Waals surface area contributed by atoms with Crippen molar-refractivity contribution in [1.29, 1.82) is 0 Å². The number of thiocarbonyl (C=S) groups is 1. The van der Waals surface area contributed by atoms with Crippen LogP contribution < -0.4 is 25.8 Å². The van der Waals surface area contributed by atoms with Crippen LogP contribution >= 0.6 is 35.6 Å². The zero-order chi connectivity index (χ0) is 23.1. The number of carbonyl (C=O) groups is 1. The number of amides is 1. The summed E-state index contributed by atoms with van der Waals surface area (Å²) in [5.41, 5.74) is 7.00. The summed E-state index contributed by atoms with van der Waals surface area (Å²) in [5, 5.41) is 7.83. The molecule has 0 aliphatic heterocycles. The Morgan fingerprint density at radius 2 is 2.06 bits per heavy atom. The van der Waals surface area contributed by atoms with Gasteiger partial charge in [0.05, 0.1) is 28.9 Å².